The van der Waals surface area contributed by atoms with Crippen LogP contribution in [0, 0.1) is 0 Å². The molecule has 3 aromatic rings. The predicted molar refractivity (Wildman–Crippen MR) is 91.0 cm³/mol. The molecule has 0 aliphatic carbocycles. The number of hydrogen-bond donors (Lipinski definition) is 2. The van der Waals surface area contributed by atoms with Crippen LogP contribution in [0.25, 0.3) is 22.5 Å². The summed E-state index contributed by atoms with van der Waals surface area (Å²) in [5.41, 5.74) is 14.5. The molecule has 1 aliphatic heterocycles. The second-order valence-electron chi connectivity index (χ2n) is 5.82. The molecule has 1 aromatic heterocycles. The van der Waals surface area contributed by atoms with Crippen LogP contribution in [0.15, 0.2) is 59.1 Å². The van der Waals surface area contributed by atoms with Crippen LogP contribution in [0.2, 0.25) is 0 Å². The molecule has 0 spiro atoms. The maximum absolute atomic E-state index is 5.65. The minimum Gasteiger partial charge on any atom is -0.335 e. The molecule has 2 aromatic carbocycles. The van der Waals surface area contributed by atoms with E-state index in [1.54, 1.807) is 0 Å². The lowest BCUT2D eigenvalue weighted by atomic mass is 10.0. The van der Waals surface area contributed by atoms with Gasteiger partial charge in [-0.3, -0.25) is 16.0 Å². The van der Waals surface area contributed by atoms with Crippen LogP contribution in [-0.4, -0.2) is 27.2 Å². The fraction of sp³-hybridized carbons (Fsp3) is 0.167. The normalized spacial score (nSPS) is 16.7. The Morgan fingerprint density at radius 2 is 1.62 bits per heavy atom. The van der Waals surface area contributed by atoms with E-state index in [2.05, 4.69) is 34.4 Å². The molecule has 0 saturated carbocycles. The van der Waals surface area contributed by atoms with Gasteiger partial charge in [-0.25, -0.2) is 0 Å². The van der Waals surface area contributed by atoms with Gasteiger partial charge in [0.25, 0.3) is 5.89 Å². The van der Waals surface area contributed by atoms with Crippen LogP contribution in [0.4, 0.5) is 0 Å². The van der Waals surface area contributed by atoms with Gasteiger partial charge in [-0.05, 0) is 11.1 Å². The molecule has 0 radical (unpaired) electrons. The third-order valence-corrected chi connectivity index (χ3v) is 4.33. The van der Waals surface area contributed by atoms with Crippen LogP contribution in [-0.2, 0) is 0 Å². The Kier molecular flexibility index (Phi) is 3.49. The van der Waals surface area contributed by atoms with Gasteiger partial charge in [0.05, 0.1) is 6.54 Å². The van der Waals surface area contributed by atoms with Crippen LogP contribution >= 0.6 is 0 Å². The first kappa shape index (κ1) is 14.4. The van der Waals surface area contributed by atoms with Gasteiger partial charge >= 0.3 is 5.96 Å². The molecule has 2 heterocycles. The number of guanidine groups is 1. The minimum atomic E-state index is -0.0140. The lowest BCUT2D eigenvalue weighted by Gasteiger charge is -2.26. The highest BCUT2D eigenvalue weighted by Gasteiger charge is 2.35. The zero-order valence-corrected chi connectivity index (χ0v) is 13.1. The van der Waals surface area contributed by atoms with E-state index in [9.17, 15) is 0 Å². The third-order valence-electron chi connectivity index (χ3n) is 4.33. The summed E-state index contributed by atoms with van der Waals surface area (Å²) >= 11 is 0. The van der Waals surface area contributed by atoms with Crippen LogP contribution in [0.5, 0.6) is 0 Å². The smallest absolute Gasteiger partial charge is 0.335 e. The van der Waals surface area contributed by atoms with Crippen LogP contribution < -0.4 is 11.5 Å². The molecule has 1 atom stereocenters. The minimum absolute atomic E-state index is 0.0140. The van der Waals surface area contributed by atoms with Crippen molar-refractivity contribution in [3.63, 3.8) is 0 Å². The molecule has 24 heavy (non-hydrogen) atoms. The molecule has 0 bridgehead atoms. The highest BCUT2D eigenvalue weighted by Crippen LogP contribution is 2.29. The Labute approximate surface area is 139 Å². The van der Waals surface area contributed by atoms with Crippen molar-refractivity contribution in [2.24, 2.45) is 11.5 Å². The fourth-order valence-corrected chi connectivity index (χ4v) is 2.88. The summed E-state index contributed by atoms with van der Waals surface area (Å²) in [6.45, 7) is 0.816. The first-order valence-electron chi connectivity index (χ1n) is 7.86. The monoisotopic (exact) mass is 320 g/mol. The van der Waals surface area contributed by atoms with Crippen molar-refractivity contribution in [1.82, 2.24) is 10.1 Å². The topological polar surface area (TPSA) is 94.0 Å². The van der Waals surface area contributed by atoms with Crippen molar-refractivity contribution in [2.75, 3.05) is 6.54 Å². The van der Waals surface area contributed by atoms with E-state index in [1.807, 2.05) is 34.9 Å². The lowest BCUT2D eigenvalue weighted by Crippen LogP contribution is -2.45. The average Bonchev–Trinajstić information content (AvgIpc) is 3.03. The molecular weight excluding hydrogens is 302 g/mol. The van der Waals surface area contributed by atoms with E-state index >= 15 is 0 Å². The summed E-state index contributed by atoms with van der Waals surface area (Å²) in [7, 11) is 0. The van der Waals surface area contributed by atoms with Crippen molar-refractivity contribution in [2.45, 2.75) is 12.5 Å². The summed E-state index contributed by atoms with van der Waals surface area (Å²) in [6.07, 6.45) is 0.909. The Morgan fingerprint density at radius 3 is 2.25 bits per heavy atom. The van der Waals surface area contributed by atoms with E-state index in [0.717, 1.165) is 24.1 Å². The maximum Gasteiger partial charge on any atom is 0.341 e. The predicted octanol–water partition coefficient (Wildman–Crippen LogP) is 2.13. The third kappa shape index (κ3) is 2.52. The molecule has 1 aliphatic rings. The summed E-state index contributed by atoms with van der Waals surface area (Å²) in [4.78, 5) is 4.49. The van der Waals surface area contributed by atoms with Gasteiger partial charge in [0.1, 0.15) is 0 Å². The number of benzene rings is 2. The van der Waals surface area contributed by atoms with Gasteiger partial charge in [-0.1, -0.05) is 59.8 Å². The van der Waals surface area contributed by atoms with E-state index < -0.39 is 0 Å². The first-order chi connectivity index (χ1) is 11.7. The molecular formula is C18H18N5O+. The van der Waals surface area contributed by atoms with Crippen molar-refractivity contribution >= 4 is 5.96 Å². The largest absolute Gasteiger partial charge is 0.341 e. The summed E-state index contributed by atoms with van der Waals surface area (Å²) in [6, 6.07) is 18.3. The summed E-state index contributed by atoms with van der Waals surface area (Å²) in [5.74, 6) is 1.42. The second kappa shape index (κ2) is 5.81. The maximum atomic E-state index is 5.65. The highest BCUT2D eigenvalue weighted by atomic mass is 16.5. The molecule has 0 amide bonds. The van der Waals surface area contributed by atoms with Gasteiger partial charge in [-0.15, -0.1) is 0 Å². The molecule has 1 saturated heterocycles. The van der Waals surface area contributed by atoms with Crippen molar-refractivity contribution in [3.8, 4) is 22.5 Å². The zero-order valence-electron chi connectivity index (χ0n) is 13.1. The molecule has 4 rings (SSSR count). The van der Waals surface area contributed by atoms with Gasteiger partial charge in [-0.2, -0.15) is 4.98 Å². The quantitative estimate of drug-likeness (QED) is 0.569. The highest BCUT2D eigenvalue weighted by molar-refractivity contribution is 5.70. The fourth-order valence-electron chi connectivity index (χ4n) is 2.88. The van der Waals surface area contributed by atoms with Crippen molar-refractivity contribution in [3.05, 3.63) is 60.5 Å². The van der Waals surface area contributed by atoms with E-state index in [0.29, 0.717) is 17.7 Å². The SMILES string of the molecule is NC(N)=[N+]1CC[C@H]1c1nc(-c2ccc(-c3ccccc3)cc2)no1. The van der Waals surface area contributed by atoms with E-state index in [4.69, 9.17) is 16.0 Å². The molecule has 6 heteroatoms. The number of aromatic nitrogens is 2. The molecule has 1 fully saturated rings. The Bertz CT molecular complexity index is 879. The van der Waals surface area contributed by atoms with Crippen LogP contribution in [0.3, 0.4) is 0 Å². The number of nitrogens with zero attached hydrogens (tertiary/aromatic N) is 3. The van der Waals surface area contributed by atoms with Gasteiger partial charge in [0.2, 0.25) is 5.82 Å². The zero-order chi connectivity index (χ0) is 16.5. The first-order valence-corrected chi connectivity index (χ1v) is 7.86. The Balaban J connectivity index is 1.58. The van der Waals surface area contributed by atoms with E-state index in [-0.39, 0.29) is 6.04 Å². The number of nitrogens with two attached hydrogens (primary N) is 2. The Morgan fingerprint density at radius 1 is 0.958 bits per heavy atom. The second-order valence-corrected chi connectivity index (χ2v) is 5.82. The lowest BCUT2D eigenvalue weighted by molar-refractivity contribution is -0.637. The standard InChI is InChI=1S/C18H17N5O/c19-18(20)23-11-10-15(23)17-21-16(22-24-17)14-8-6-13(7-9-14)12-4-2-1-3-5-12/h1-9,15H,10-11H2,(H3,19,20)/p+1/t15-/m0/s1. The average molecular weight is 320 g/mol. The molecule has 6 nitrogen and oxygen atoms in total. The van der Waals surface area contributed by atoms with E-state index in [1.165, 1.54) is 5.56 Å². The van der Waals surface area contributed by atoms with Gasteiger partial charge in [0, 0.05) is 12.0 Å². The van der Waals surface area contributed by atoms with Crippen molar-refractivity contribution in [1.29, 1.82) is 0 Å². The number of rotatable bonds is 3. The van der Waals surface area contributed by atoms with Gasteiger partial charge < -0.3 is 4.52 Å². The van der Waals surface area contributed by atoms with Crippen LogP contribution in [0.1, 0.15) is 18.4 Å². The van der Waals surface area contributed by atoms with Gasteiger partial charge in [0.15, 0.2) is 6.04 Å². The molecule has 120 valence electrons. The number of hydrogen-bond acceptors (Lipinski definition) is 3. The Hall–Kier alpha value is -3.15. The summed E-state index contributed by atoms with van der Waals surface area (Å²) in [5, 5.41) is 4.08. The molecule has 4 N–H and O–H groups in total. The molecule has 0 unspecified atom stereocenters. The summed E-state index contributed by atoms with van der Waals surface area (Å²) < 4.78 is 7.25. The van der Waals surface area contributed by atoms with Crippen molar-refractivity contribution < 1.29 is 9.10 Å².